The first kappa shape index (κ1) is 20.0. The number of benzene rings is 1. The second-order valence-corrected chi connectivity index (χ2v) is 5.53. The number of hydrogen-bond acceptors (Lipinski definition) is 6. The van der Waals surface area contributed by atoms with Crippen molar-refractivity contribution in [1.29, 1.82) is 0 Å². The molecule has 0 radical (unpaired) electrons. The fourth-order valence-corrected chi connectivity index (χ4v) is 2.15. The lowest BCUT2D eigenvalue weighted by atomic mass is 10.2. The molecule has 24 heavy (non-hydrogen) atoms. The van der Waals surface area contributed by atoms with Crippen LogP contribution in [0.25, 0.3) is 0 Å². The molecule has 1 aromatic carbocycles. The van der Waals surface area contributed by atoms with Crippen molar-refractivity contribution >= 4 is 33.8 Å². The van der Waals surface area contributed by atoms with E-state index in [0.29, 0.717) is 29.8 Å². The zero-order valence-corrected chi connectivity index (χ0v) is 15.2. The molecule has 0 heterocycles. The summed E-state index contributed by atoms with van der Waals surface area (Å²) in [6, 6.07) is 4.87. The van der Waals surface area contributed by atoms with Gasteiger partial charge in [0.15, 0.2) is 6.61 Å². The van der Waals surface area contributed by atoms with Gasteiger partial charge in [0.05, 0.1) is 19.3 Å². The number of methoxy groups -OCH3 is 1. The number of carbonyl (C=O) groups excluding carboxylic acids is 3. The van der Waals surface area contributed by atoms with Gasteiger partial charge in [-0.3, -0.25) is 9.59 Å². The van der Waals surface area contributed by atoms with Crippen LogP contribution in [0.5, 0.6) is 5.75 Å². The Balaban J connectivity index is 2.34. The van der Waals surface area contributed by atoms with Gasteiger partial charge in [0.1, 0.15) is 5.75 Å². The number of carbonyl (C=O) groups is 3. The largest absolute Gasteiger partial charge is 0.497 e. The smallest absolute Gasteiger partial charge is 0.339 e. The molecule has 0 aromatic heterocycles. The highest BCUT2D eigenvalue weighted by Gasteiger charge is 2.14. The Hall–Kier alpha value is -2.09. The van der Waals surface area contributed by atoms with E-state index >= 15 is 0 Å². The van der Waals surface area contributed by atoms with E-state index in [2.05, 4.69) is 21.2 Å². The van der Waals surface area contributed by atoms with Crippen LogP contribution in [-0.4, -0.2) is 44.7 Å². The van der Waals surface area contributed by atoms with Crippen LogP contribution in [-0.2, 0) is 19.1 Å². The minimum atomic E-state index is -0.637. The van der Waals surface area contributed by atoms with Crippen LogP contribution in [0.2, 0.25) is 0 Å². The second kappa shape index (κ2) is 10.6. The summed E-state index contributed by atoms with van der Waals surface area (Å²) >= 11 is 3.24. The van der Waals surface area contributed by atoms with E-state index < -0.39 is 18.5 Å². The number of hydrogen-bond donors (Lipinski definition) is 1. The number of nitrogens with one attached hydrogen (secondary N) is 1. The Labute approximate surface area is 148 Å². The van der Waals surface area contributed by atoms with Crippen molar-refractivity contribution in [2.75, 3.05) is 26.9 Å². The molecule has 0 aliphatic rings. The maximum Gasteiger partial charge on any atom is 0.339 e. The molecule has 8 heteroatoms. The van der Waals surface area contributed by atoms with Gasteiger partial charge >= 0.3 is 11.9 Å². The van der Waals surface area contributed by atoms with Crippen LogP contribution in [0.1, 0.15) is 30.1 Å². The fraction of sp³-hybridized carbons (Fsp3) is 0.438. The summed E-state index contributed by atoms with van der Waals surface area (Å²) in [5.74, 6) is -0.872. The van der Waals surface area contributed by atoms with Gasteiger partial charge in [-0.2, -0.15) is 0 Å². The highest BCUT2D eigenvalue weighted by atomic mass is 79.9. The lowest BCUT2D eigenvalue weighted by Gasteiger charge is -2.08. The number of ether oxygens (including phenoxy) is 3. The molecule has 0 spiro atoms. The van der Waals surface area contributed by atoms with Crippen molar-refractivity contribution in [2.24, 2.45) is 0 Å². The first-order valence-electron chi connectivity index (χ1n) is 7.41. The first-order chi connectivity index (χ1) is 11.5. The fourth-order valence-electron chi connectivity index (χ4n) is 1.74. The van der Waals surface area contributed by atoms with Gasteiger partial charge in [-0.1, -0.05) is 0 Å². The molecule has 1 aromatic rings. The standard InChI is InChI=1S/C16H20BrNO6/c1-3-23-15(20)5-4-8-18-14(19)10-24-16(21)12-9-11(22-2)6-7-13(12)17/h6-7,9H,3-5,8,10H2,1-2H3,(H,18,19). The predicted molar refractivity (Wildman–Crippen MR) is 89.9 cm³/mol. The van der Waals surface area contributed by atoms with Crippen molar-refractivity contribution < 1.29 is 28.6 Å². The third-order valence-corrected chi connectivity index (χ3v) is 3.60. The maximum atomic E-state index is 12.0. The van der Waals surface area contributed by atoms with E-state index in [9.17, 15) is 14.4 Å². The molecule has 1 N–H and O–H groups in total. The monoisotopic (exact) mass is 401 g/mol. The summed E-state index contributed by atoms with van der Waals surface area (Å²) in [6.45, 7) is 1.97. The first-order valence-corrected chi connectivity index (χ1v) is 8.20. The summed E-state index contributed by atoms with van der Waals surface area (Å²) in [6.07, 6.45) is 0.685. The van der Waals surface area contributed by atoms with Crippen LogP contribution >= 0.6 is 15.9 Å². The Morgan fingerprint density at radius 3 is 2.62 bits per heavy atom. The zero-order chi connectivity index (χ0) is 17.9. The van der Waals surface area contributed by atoms with Gasteiger partial charge in [0, 0.05) is 17.4 Å². The normalized spacial score (nSPS) is 9.96. The quantitative estimate of drug-likeness (QED) is 0.503. The second-order valence-electron chi connectivity index (χ2n) is 4.68. The van der Waals surface area contributed by atoms with Gasteiger partial charge in [-0.05, 0) is 47.5 Å². The Kier molecular flexibility index (Phi) is 8.85. The van der Waals surface area contributed by atoms with Crippen LogP contribution < -0.4 is 10.1 Å². The van der Waals surface area contributed by atoms with Crippen molar-refractivity contribution in [3.63, 3.8) is 0 Å². The average Bonchev–Trinajstić information content (AvgIpc) is 2.57. The molecule has 0 aliphatic carbocycles. The number of amides is 1. The van der Waals surface area contributed by atoms with Gasteiger partial charge in [-0.25, -0.2) is 4.79 Å². The Morgan fingerprint density at radius 1 is 1.21 bits per heavy atom. The summed E-state index contributed by atoms with van der Waals surface area (Å²) in [5, 5.41) is 2.56. The molecule has 0 unspecified atom stereocenters. The molecule has 0 saturated carbocycles. The summed E-state index contributed by atoms with van der Waals surface area (Å²) in [5.41, 5.74) is 0.268. The molecule has 0 atom stereocenters. The topological polar surface area (TPSA) is 90.9 Å². The van der Waals surface area contributed by atoms with E-state index in [4.69, 9.17) is 14.2 Å². The van der Waals surface area contributed by atoms with Gasteiger partial charge in [-0.15, -0.1) is 0 Å². The van der Waals surface area contributed by atoms with Gasteiger partial charge in [0.2, 0.25) is 0 Å². The summed E-state index contributed by atoms with van der Waals surface area (Å²) < 4.78 is 15.3. The molecule has 132 valence electrons. The van der Waals surface area contributed by atoms with Crippen molar-refractivity contribution in [3.05, 3.63) is 28.2 Å². The minimum Gasteiger partial charge on any atom is -0.497 e. The van der Waals surface area contributed by atoms with Gasteiger partial charge in [0.25, 0.3) is 5.91 Å². The van der Waals surface area contributed by atoms with Crippen molar-refractivity contribution in [3.8, 4) is 5.75 Å². The Morgan fingerprint density at radius 2 is 1.96 bits per heavy atom. The highest BCUT2D eigenvalue weighted by Crippen LogP contribution is 2.23. The molecule has 1 rings (SSSR count). The lowest BCUT2D eigenvalue weighted by molar-refractivity contribution is -0.143. The molecule has 0 saturated heterocycles. The maximum absolute atomic E-state index is 12.0. The molecule has 0 bridgehead atoms. The van der Waals surface area contributed by atoms with Crippen LogP contribution in [0, 0.1) is 0 Å². The number of halogens is 1. The third kappa shape index (κ3) is 6.99. The number of esters is 2. The lowest BCUT2D eigenvalue weighted by Crippen LogP contribution is -2.30. The Bertz CT molecular complexity index is 590. The summed E-state index contributed by atoms with van der Waals surface area (Å²) in [4.78, 5) is 34.7. The van der Waals surface area contributed by atoms with E-state index in [1.54, 1.807) is 19.1 Å². The van der Waals surface area contributed by atoms with Crippen molar-refractivity contribution in [2.45, 2.75) is 19.8 Å². The number of rotatable bonds is 9. The van der Waals surface area contributed by atoms with E-state index in [0.717, 1.165) is 0 Å². The summed E-state index contributed by atoms with van der Waals surface area (Å²) in [7, 11) is 1.49. The van der Waals surface area contributed by atoms with Gasteiger partial charge < -0.3 is 19.5 Å². The molecule has 0 fully saturated rings. The van der Waals surface area contributed by atoms with E-state index in [-0.39, 0.29) is 18.0 Å². The average molecular weight is 402 g/mol. The molecule has 1 amide bonds. The van der Waals surface area contributed by atoms with Crippen LogP contribution in [0.3, 0.4) is 0 Å². The van der Waals surface area contributed by atoms with Crippen molar-refractivity contribution in [1.82, 2.24) is 5.32 Å². The van der Waals surface area contributed by atoms with Crippen LogP contribution in [0.15, 0.2) is 22.7 Å². The third-order valence-electron chi connectivity index (χ3n) is 2.91. The van der Waals surface area contributed by atoms with E-state index in [1.165, 1.54) is 13.2 Å². The van der Waals surface area contributed by atoms with Crippen LogP contribution in [0.4, 0.5) is 0 Å². The molecular formula is C16H20BrNO6. The molecular weight excluding hydrogens is 382 g/mol. The molecule has 7 nitrogen and oxygen atoms in total. The highest BCUT2D eigenvalue weighted by molar-refractivity contribution is 9.10. The SMILES string of the molecule is CCOC(=O)CCCNC(=O)COC(=O)c1cc(OC)ccc1Br. The zero-order valence-electron chi connectivity index (χ0n) is 13.6. The molecule has 0 aliphatic heterocycles. The minimum absolute atomic E-state index is 0.227. The van der Waals surface area contributed by atoms with E-state index in [1.807, 2.05) is 0 Å². The predicted octanol–water partition coefficient (Wildman–Crippen LogP) is 2.07.